The molecule has 0 aromatic heterocycles. The number of hydrogen-bond donors (Lipinski definition) is 1. The van der Waals surface area contributed by atoms with Gasteiger partial charge in [-0.05, 0) is 56.0 Å². The molecule has 4 heteroatoms. The second kappa shape index (κ2) is 5.74. The lowest BCUT2D eigenvalue weighted by Gasteiger charge is -2.34. The van der Waals surface area contributed by atoms with Gasteiger partial charge in [0.1, 0.15) is 0 Å². The Balaban J connectivity index is 1.91. The van der Waals surface area contributed by atoms with Gasteiger partial charge in [-0.2, -0.15) is 0 Å². The molecule has 0 unspecified atom stereocenters. The minimum absolute atomic E-state index is 0.290. The molecule has 1 aliphatic heterocycles. The van der Waals surface area contributed by atoms with Crippen molar-refractivity contribution in [1.82, 2.24) is 4.90 Å². The number of carbonyl (C=O) groups is 1. The molecule has 0 radical (unpaired) electrons. The third-order valence-electron chi connectivity index (χ3n) is 4.78. The van der Waals surface area contributed by atoms with Crippen LogP contribution < -0.4 is 5.73 Å². The Labute approximate surface area is 125 Å². The number of aryl methyl sites for hydroxylation is 1. The van der Waals surface area contributed by atoms with Crippen LogP contribution in [-0.4, -0.2) is 35.8 Å². The number of fused-ring (bicyclic) bond motifs is 3. The summed E-state index contributed by atoms with van der Waals surface area (Å²) in [5.74, 6) is 0.899. The van der Waals surface area contributed by atoms with Crippen LogP contribution in [0.2, 0.25) is 0 Å². The Kier molecular flexibility index (Phi) is 3.99. The maximum atomic E-state index is 11.7. The minimum atomic E-state index is -0.290. The second-order valence-corrected chi connectivity index (χ2v) is 6.20. The largest absolute Gasteiger partial charge is 0.366 e. The number of alkyl halides is 1. The molecule has 2 atom stereocenters. The first kappa shape index (κ1) is 13.9. The van der Waals surface area contributed by atoms with Crippen molar-refractivity contribution in [3.63, 3.8) is 0 Å². The third kappa shape index (κ3) is 2.33. The van der Waals surface area contributed by atoms with Crippen molar-refractivity contribution < 1.29 is 4.79 Å². The van der Waals surface area contributed by atoms with E-state index < -0.39 is 0 Å². The van der Waals surface area contributed by atoms with E-state index in [9.17, 15) is 4.79 Å². The molecule has 1 saturated heterocycles. The van der Waals surface area contributed by atoms with Gasteiger partial charge in [0, 0.05) is 23.4 Å². The summed E-state index contributed by atoms with van der Waals surface area (Å²) >= 11 is 5.82. The lowest BCUT2D eigenvalue weighted by molar-refractivity contribution is 0.0998. The van der Waals surface area contributed by atoms with E-state index in [0.717, 1.165) is 43.8 Å². The average Bonchev–Trinajstić information content (AvgIpc) is 2.87. The van der Waals surface area contributed by atoms with Crippen molar-refractivity contribution in [2.75, 3.05) is 19.0 Å². The van der Waals surface area contributed by atoms with Gasteiger partial charge in [0.15, 0.2) is 0 Å². The molecule has 1 heterocycles. The highest BCUT2D eigenvalue weighted by Crippen LogP contribution is 2.42. The lowest BCUT2D eigenvalue weighted by Crippen LogP contribution is -2.36. The molecule has 2 aliphatic rings. The summed E-state index contributed by atoms with van der Waals surface area (Å²) in [5.41, 5.74) is 8.85. The highest BCUT2D eigenvalue weighted by atomic mass is 35.5. The van der Waals surface area contributed by atoms with Crippen molar-refractivity contribution in [2.24, 2.45) is 5.73 Å². The maximum absolute atomic E-state index is 11.7. The fraction of sp³-hybridized carbons (Fsp3) is 0.562. The Hall–Kier alpha value is -1.06. The molecule has 1 fully saturated rings. The summed E-state index contributed by atoms with van der Waals surface area (Å²) in [6, 6.07) is 6.55. The van der Waals surface area contributed by atoms with Crippen molar-refractivity contribution in [3.8, 4) is 0 Å². The average molecular weight is 293 g/mol. The van der Waals surface area contributed by atoms with Crippen LogP contribution >= 0.6 is 11.6 Å². The molecular formula is C16H21ClN2O. The van der Waals surface area contributed by atoms with Gasteiger partial charge in [0.25, 0.3) is 0 Å². The number of nitrogens with zero attached hydrogens (tertiary/aromatic N) is 1. The van der Waals surface area contributed by atoms with Gasteiger partial charge in [-0.25, -0.2) is 0 Å². The molecule has 1 aromatic carbocycles. The molecule has 1 aromatic rings. The van der Waals surface area contributed by atoms with Crippen LogP contribution in [0.4, 0.5) is 0 Å². The number of hydrogen-bond acceptors (Lipinski definition) is 2. The quantitative estimate of drug-likeness (QED) is 0.867. The topological polar surface area (TPSA) is 46.3 Å². The first-order valence-electron chi connectivity index (χ1n) is 7.44. The predicted molar refractivity (Wildman–Crippen MR) is 81.3 cm³/mol. The zero-order valence-electron chi connectivity index (χ0n) is 11.6. The van der Waals surface area contributed by atoms with Gasteiger partial charge in [-0.15, -0.1) is 11.6 Å². The maximum Gasteiger partial charge on any atom is 0.248 e. The summed E-state index contributed by atoms with van der Waals surface area (Å²) in [4.78, 5) is 14.3. The lowest BCUT2D eigenvalue weighted by atomic mass is 9.77. The first-order valence-corrected chi connectivity index (χ1v) is 7.97. The predicted octanol–water partition coefficient (Wildman–Crippen LogP) is 2.52. The van der Waals surface area contributed by atoms with Gasteiger partial charge in [-0.3, -0.25) is 9.69 Å². The van der Waals surface area contributed by atoms with E-state index in [2.05, 4.69) is 11.0 Å². The highest BCUT2D eigenvalue weighted by molar-refractivity contribution is 6.17. The molecular weight excluding hydrogens is 272 g/mol. The Morgan fingerprint density at radius 3 is 3.00 bits per heavy atom. The monoisotopic (exact) mass is 292 g/mol. The molecule has 3 rings (SSSR count). The third-order valence-corrected chi connectivity index (χ3v) is 5.05. The van der Waals surface area contributed by atoms with E-state index >= 15 is 0 Å². The van der Waals surface area contributed by atoms with Crippen molar-refractivity contribution >= 4 is 17.5 Å². The zero-order chi connectivity index (χ0) is 14.1. The van der Waals surface area contributed by atoms with Gasteiger partial charge in [-0.1, -0.05) is 12.1 Å². The summed E-state index contributed by atoms with van der Waals surface area (Å²) in [6.45, 7) is 2.18. The number of halogens is 1. The number of likely N-dealkylation sites (tertiary alicyclic amines) is 1. The van der Waals surface area contributed by atoms with Crippen LogP contribution in [0, 0.1) is 0 Å². The first-order chi connectivity index (χ1) is 9.72. The van der Waals surface area contributed by atoms with Crippen LogP contribution in [0.5, 0.6) is 0 Å². The van der Waals surface area contributed by atoms with E-state index in [1.54, 1.807) is 0 Å². The molecule has 20 heavy (non-hydrogen) atoms. The molecule has 0 bridgehead atoms. The number of carbonyl (C=O) groups excluding carboxylic acids is 1. The Morgan fingerprint density at radius 2 is 2.25 bits per heavy atom. The van der Waals surface area contributed by atoms with Crippen LogP contribution in [0.15, 0.2) is 18.2 Å². The van der Waals surface area contributed by atoms with Gasteiger partial charge >= 0.3 is 0 Å². The van der Waals surface area contributed by atoms with Crippen molar-refractivity contribution in [2.45, 2.75) is 37.6 Å². The number of rotatable bonds is 4. The van der Waals surface area contributed by atoms with E-state index in [0.29, 0.717) is 12.0 Å². The molecule has 108 valence electrons. The van der Waals surface area contributed by atoms with Gasteiger partial charge in [0.2, 0.25) is 5.91 Å². The molecule has 1 amide bonds. The van der Waals surface area contributed by atoms with E-state index in [-0.39, 0.29) is 5.91 Å². The van der Waals surface area contributed by atoms with Gasteiger partial charge < -0.3 is 5.73 Å². The second-order valence-electron chi connectivity index (χ2n) is 5.82. The van der Waals surface area contributed by atoms with Crippen LogP contribution in [0.25, 0.3) is 0 Å². The Bertz CT molecular complexity index is 517. The normalized spacial score (nSPS) is 25.2. The van der Waals surface area contributed by atoms with Crippen molar-refractivity contribution in [1.29, 1.82) is 0 Å². The molecule has 3 nitrogen and oxygen atoms in total. The smallest absolute Gasteiger partial charge is 0.248 e. The fourth-order valence-electron chi connectivity index (χ4n) is 3.97. The SMILES string of the molecule is NC(=O)c1cccc2c1[C@@H]1CCN(CCCCl)[C@@H]1CC2. The summed E-state index contributed by atoms with van der Waals surface area (Å²) in [5, 5.41) is 0. The van der Waals surface area contributed by atoms with Crippen molar-refractivity contribution in [3.05, 3.63) is 34.9 Å². The Morgan fingerprint density at radius 1 is 1.40 bits per heavy atom. The number of primary amides is 1. The standard InChI is InChI=1S/C16H21ClN2O/c17-8-2-9-19-10-7-12-14(19)6-5-11-3-1-4-13(15(11)12)16(18)20/h1,3-4,12,14H,2,5-10H2,(H2,18,20)/t12-,14-/m1/s1. The number of benzene rings is 1. The molecule has 1 aliphatic carbocycles. The fourth-order valence-corrected chi connectivity index (χ4v) is 4.09. The highest BCUT2D eigenvalue weighted by Gasteiger charge is 2.39. The minimum Gasteiger partial charge on any atom is -0.366 e. The number of nitrogens with two attached hydrogens (primary N) is 1. The molecule has 0 saturated carbocycles. The van der Waals surface area contributed by atoms with Crippen LogP contribution in [0.1, 0.15) is 46.7 Å². The van der Waals surface area contributed by atoms with Crippen LogP contribution in [0.3, 0.4) is 0 Å². The van der Waals surface area contributed by atoms with Gasteiger partial charge in [0.05, 0.1) is 0 Å². The summed E-state index contributed by atoms with van der Waals surface area (Å²) < 4.78 is 0. The van der Waals surface area contributed by atoms with E-state index in [1.807, 2.05) is 12.1 Å². The van der Waals surface area contributed by atoms with Crippen LogP contribution in [-0.2, 0) is 6.42 Å². The summed E-state index contributed by atoms with van der Waals surface area (Å²) in [7, 11) is 0. The van der Waals surface area contributed by atoms with E-state index in [1.165, 1.54) is 17.5 Å². The summed E-state index contributed by atoms with van der Waals surface area (Å²) in [6.07, 6.45) is 4.40. The zero-order valence-corrected chi connectivity index (χ0v) is 12.4. The van der Waals surface area contributed by atoms with E-state index in [4.69, 9.17) is 17.3 Å². The molecule has 0 spiro atoms. The molecule has 2 N–H and O–H groups in total. The number of amides is 1.